The summed E-state index contributed by atoms with van der Waals surface area (Å²) < 4.78 is 70.1. The number of nitrogen functional groups attached to an aromatic ring is 1. The Balaban J connectivity index is 1.53. The third kappa shape index (κ3) is 4.37. The molecule has 7 nitrogen and oxygen atoms in total. The Morgan fingerprint density at radius 2 is 1.81 bits per heavy atom. The van der Waals surface area contributed by atoms with E-state index in [-0.39, 0.29) is 16.8 Å². The molecule has 2 aromatic heterocycles. The van der Waals surface area contributed by atoms with Crippen molar-refractivity contribution in [2.75, 3.05) is 10.5 Å². The molecule has 0 radical (unpaired) electrons. The highest BCUT2D eigenvalue weighted by molar-refractivity contribution is 7.92. The molecule has 2 aromatic carbocycles. The predicted molar refractivity (Wildman–Crippen MR) is 132 cm³/mol. The molecule has 0 unspecified atom stereocenters. The van der Waals surface area contributed by atoms with Crippen LogP contribution in [0.25, 0.3) is 22.2 Å². The van der Waals surface area contributed by atoms with Gasteiger partial charge in [0.1, 0.15) is 17.8 Å². The summed E-state index contributed by atoms with van der Waals surface area (Å²) in [6, 6.07) is 8.81. The monoisotopic (exact) mass is 535 g/mol. The third-order valence-electron chi connectivity index (χ3n) is 6.36. The summed E-state index contributed by atoms with van der Waals surface area (Å²) in [6.45, 7) is 0. The van der Waals surface area contributed by atoms with E-state index >= 15 is 0 Å². The van der Waals surface area contributed by atoms with Crippen LogP contribution in [0.5, 0.6) is 0 Å². The van der Waals surface area contributed by atoms with Gasteiger partial charge >= 0.3 is 6.18 Å². The van der Waals surface area contributed by atoms with Crippen molar-refractivity contribution in [1.29, 1.82) is 0 Å². The van der Waals surface area contributed by atoms with E-state index in [9.17, 15) is 21.6 Å². The van der Waals surface area contributed by atoms with E-state index in [2.05, 4.69) is 19.3 Å². The van der Waals surface area contributed by atoms with E-state index in [1.807, 2.05) is 6.20 Å². The molecule has 0 bridgehead atoms. The minimum absolute atomic E-state index is 0.0118. The van der Waals surface area contributed by atoms with Crippen molar-refractivity contribution in [3.8, 4) is 11.1 Å². The number of rotatable bonds is 5. The zero-order chi connectivity index (χ0) is 25.7. The number of sulfonamides is 1. The van der Waals surface area contributed by atoms with Gasteiger partial charge in [0.05, 0.1) is 26.6 Å². The second-order valence-corrected chi connectivity index (χ2v) is 10.7. The number of hydrogen-bond donors (Lipinski definition) is 2. The molecule has 0 atom stereocenters. The maximum atomic E-state index is 13.4. The van der Waals surface area contributed by atoms with Gasteiger partial charge in [-0.15, -0.1) is 0 Å². The molecule has 3 N–H and O–H groups in total. The molecule has 0 amide bonds. The molecule has 0 saturated heterocycles. The number of nitrogens with two attached hydrogens (primary N) is 1. The SMILES string of the molecule is Nc1ncnc2c1c(-c1ccc(NS(=O)(=O)c3ccccc3C(F)(F)F)c(Cl)c1)cn2C1CCCC1. The van der Waals surface area contributed by atoms with Gasteiger partial charge < -0.3 is 10.3 Å². The van der Waals surface area contributed by atoms with Gasteiger partial charge in [0.15, 0.2) is 0 Å². The maximum Gasteiger partial charge on any atom is 0.417 e. The predicted octanol–water partition coefficient (Wildman–Crippen LogP) is 6.27. The molecule has 12 heteroatoms. The van der Waals surface area contributed by atoms with Crippen molar-refractivity contribution in [2.45, 2.75) is 42.8 Å². The third-order valence-corrected chi connectivity index (χ3v) is 8.10. The average molecular weight is 536 g/mol. The fourth-order valence-electron chi connectivity index (χ4n) is 4.69. The van der Waals surface area contributed by atoms with E-state index in [4.69, 9.17) is 17.3 Å². The van der Waals surface area contributed by atoms with Gasteiger partial charge in [-0.2, -0.15) is 13.2 Å². The number of aromatic nitrogens is 3. The molecule has 4 aromatic rings. The zero-order valence-electron chi connectivity index (χ0n) is 18.8. The fraction of sp³-hybridized carbons (Fsp3) is 0.250. The van der Waals surface area contributed by atoms with Crippen molar-refractivity contribution >= 4 is 44.2 Å². The Kier molecular flexibility index (Phi) is 6.08. The van der Waals surface area contributed by atoms with Crippen LogP contribution >= 0.6 is 11.6 Å². The number of nitrogens with zero attached hydrogens (tertiary/aromatic N) is 3. The lowest BCUT2D eigenvalue weighted by molar-refractivity contribution is -0.139. The average Bonchev–Trinajstić information content (AvgIpc) is 3.48. The van der Waals surface area contributed by atoms with Crippen LogP contribution in [0.3, 0.4) is 0 Å². The smallest absolute Gasteiger partial charge is 0.383 e. The van der Waals surface area contributed by atoms with Crippen LogP contribution in [0.2, 0.25) is 5.02 Å². The van der Waals surface area contributed by atoms with Crippen LogP contribution in [-0.4, -0.2) is 23.0 Å². The number of halogens is 4. The lowest BCUT2D eigenvalue weighted by atomic mass is 10.1. The number of nitrogens with one attached hydrogen (secondary N) is 1. The topological polar surface area (TPSA) is 103 Å². The summed E-state index contributed by atoms with van der Waals surface area (Å²) in [7, 11) is -4.57. The Labute approximate surface area is 210 Å². The highest BCUT2D eigenvalue weighted by atomic mass is 35.5. The van der Waals surface area contributed by atoms with E-state index < -0.39 is 26.7 Å². The maximum absolute atomic E-state index is 13.4. The van der Waals surface area contributed by atoms with Crippen molar-refractivity contribution in [2.24, 2.45) is 0 Å². The van der Waals surface area contributed by atoms with Gasteiger partial charge in [-0.3, -0.25) is 4.72 Å². The van der Waals surface area contributed by atoms with Crippen molar-refractivity contribution in [3.63, 3.8) is 0 Å². The molecule has 1 aliphatic rings. The molecule has 1 saturated carbocycles. The minimum atomic E-state index is -4.84. The normalized spacial score (nSPS) is 15.0. The fourth-order valence-corrected chi connectivity index (χ4v) is 6.28. The van der Waals surface area contributed by atoms with Crippen LogP contribution < -0.4 is 10.5 Å². The van der Waals surface area contributed by atoms with Crippen LogP contribution in [0.4, 0.5) is 24.7 Å². The van der Waals surface area contributed by atoms with Crippen molar-refractivity contribution < 1.29 is 21.6 Å². The molecular weight excluding hydrogens is 515 g/mol. The number of benzene rings is 2. The Morgan fingerprint density at radius 1 is 1.08 bits per heavy atom. The summed E-state index contributed by atoms with van der Waals surface area (Å²) in [5.74, 6) is 0.302. The lowest BCUT2D eigenvalue weighted by Gasteiger charge is -2.15. The Bertz CT molecular complexity index is 1560. The quantitative estimate of drug-likeness (QED) is 0.313. The molecule has 1 aliphatic carbocycles. The number of alkyl halides is 3. The molecule has 5 rings (SSSR count). The summed E-state index contributed by atoms with van der Waals surface area (Å²) in [6.07, 6.45) is 2.81. The Hall–Kier alpha value is -3.31. The van der Waals surface area contributed by atoms with Gasteiger partial charge in [0.25, 0.3) is 10.0 Å². The van der Waals surface area contributed by atoms with Crippen LogP contribution in [-0.2, 0) is 16.2 Å². The second kappa shape index (κ2) is 8.97. The highest BCUT2D eigenvalue weighted by Gasteiger charge is 2.37. The van der Waals surface area contributed by atoms with Gasteiger partial charge in [-0.25, -0.2) is 18.4 Å². The van der Waals surface area contributed by atoms with Gasteiger partial charge in [-0.05, 0) is 42.7 Å². The largest absolute Gasteiger partial charge is 0.417 e. The molecule has 1 fully saturated rings. The summed E-state index contributed by atoms with van der Waals surface area (Å²) >= 11 is 6.41. The molecule has 188 valence electrons. The van der Waals surface area contributed by atoms with Crippen LogP contribution in [0.1, 0.15) is 37.3 Å². The van der Waals surface area contributed by atoms with Crippen molar-refractivity contribution in [3.05, 3.63) is 65.6 Å². The standard InChI is InChI=1S/C24H21ClF3N5O2S/c25-18-11-14(16-12-33(15-5-1-2-6-15)23-21(16)22(29)30-13-31-23)9-10-19(18)32-36(34,35)20-8-4-3-7-17(20)24(26,27)28/h3-4,7-13,15,32H,1-2,5-6H2,(H2,29,30,31). The van der Waals surface area contributed by atoms with Crippen LogP contribution in [0.15, 0.2) is 59.9 Å². The highest BCUT2D eigenvalue weighted by Crippen LogP contribution is 2.40. The van der Waals surface area contributed by atoms with E-state index in [1.165, 1.54) is 24.5 Å². The summed E-state index contributed by atoms with van der Waals surface area (Å²) in [5.41, 5.74) is 6.95. The second-order valence-electron chi connectivity index (χ2n) is 8.64. The van der Waals surface area contributed by atoms with E-state index in [1.54, 1.807) is 6.07 Å². The first-order valence-corrected chi connectivity index (χ1v) is 13.0. The molecule has 36 heavy (non-hydrogen) atoms. The van der Waals surface area contributed by atoms with Gasteiger partial charge in [-0.1, -0.05) is 42.6 Å². The number of fused-ring (bicyclic) bond motifs is 1. The first-order chi connectivity index (χ1) is 17.1. The first-order valence-electron chi connectivity index (χ1n) is 11.2. The first kappa shape index (κ1) is 24.4. The van der Waals surface area contributed by atoms with E-state index in [0.29, 0.717) is 28.5 Å². The molecule has 2 heterocycles. The summed E-state index contributed by atoms with van der Waals surface area (Å²) in [5, 5.41) is 0.672. The van der Waals surface area contributed by atoms with Gasteiger partial charge in [0, 0.05) is 17.8 Å². The van der Waals surface area contributed by atoms with Crippen molar-refractivity contribution in [1.82, 2.24) is 14.5 Å². The molecular formula is C24H21ClF3N5O2S. The number of anilines is 2. The van der Waals surface area contributed by atoms with Crippen LogP contribution in [0, 0.1) is 0 Å². The number of hydrogen-bond acceptors (Lipinski definition) is 5. The summed E-state index contributed by atoms with van der Waals surface area (Å²) in [4.78, 5) is 7.67. The Morgan fingerprint density at radius 3 is 2.50 bits per heavy atom. The lowest BCUT2D eigenvalue weighted by Crippen LogP contribution is -2.19. The molecule has 0 aliphatic heterocycles. The minimum Gasteiger partial charge on any atom is -0.383 e. The van der Waals surface area contributed by atoms with Gasteiger partial charge in [0.2, 0.25) is 0 Å². The zero-order valence-corrected chi connectivity index (χ0v) is 20.3. The van der Waals surface area contributed by atoms with E-state index in [0.717, 1.165) is 43.4 Å². The molecule has 0 spiro atoms.